The van der Waals surface area contributed by atoms with E-state index in [1.807, 2.05) is 30.2 Å². The third-order valence-electron chi connectivity index (χ3n) is 8.11. The molecule has 1 amide bonds. The van der Waals surface area contributed by atoms with E-state index in [1.165, 1.54) is 4.52 Å². The van der Waals surface area contributed by atoms with Gasteiger partial charge in [0.25, 0.3) is 5.91 Å². The van der Waals surface area contributed by atoms with Gasteiger partial charge in [0, 0.05) is 52.7 Å². The molecule has 0 saturated carbocycles. The van der Waals surface area contributed by atoms with E-state index in [0.717, 1.165) is 40.2 Å². The quantitative estimate of drug-likeness (QED) is 0.303. The van der Waals surface area contributed by atoms with Crippen LogP contribution in [0.2, 0.25) is 0 Å². The van der Waals surface area contributed by atoms with Crippen molar-refractivity contribution < 1.29 is 13.2 Å². The Balaban J connectivity index is 1.27. The number of nitrogens with zero attached hydrogens (tertiary/aromatic N) is 8. The summed E-state index contributed by atoms with van der Waals surface area (Å²) >= 11 is 1.57. The Labute approximate surface area is 245 Å². The van der Waals surface area contributed by atoms with Crippen LogP contribution in [-0.2, 0) is 9.84 Å². The van der Waals surface area contributed by atoms with Gasteiger partial charge in [0.1, 0.15) is 21.5 Å². The Morgan fingerprint density at radius 1 is 1.07 bits per heavy atom. The van der Waals surface area contributed by atoms with Crippen molar-refractivity contribution in [3.05, 3.63) is 52.9 Å². The predicted molar refractivity (Wildman–Crippen MR) is 156 cm³/mol. The minimum atomic E-state index is -3.75. The zero-order valence-corrected chi connectivity index (χ0v) is 24.8. The highest BCUT2D eigenvalue weighted by Crippen LogP contribution is 2.45. The van der Waals surface area contributed by atoms with E-state index in [0.29, 0.717) is 35.6 Å². The van der Waals surface area contributed by atoms with Crippen LogP contribution in [-0.4, -0.2) is 77.3 Å². The lowest BCUT2D eigenvalue weighted by molar-refractivity contribution is 0.0556. The number of rotatable bonds is 5. The van der Waals surface area contributed by atoms with Crippen LogP contribution >= 0.6 is 11.3 Å². The fourth-order valence-electron chi connectivity index (χ4n) is 6.33. The average molecular weight is 605 g/mol. The fourth-order valence-corrected chi connectivity index (χ4v) is 8.13. The third kappa shape index (κ3) is 4.34. The first-order chi connectivity index (χ1) is 20.1. The molecule has 216 valence electrons. The largest absolute Gasteiger partial charge is 0.382 e. The van der Waals surface area contributed by atoms with Crippen molar-refractivity contribution in [2.45, 2.75) is 62.4 Å². The Kier molecular flexibility index (Phi) is 6.13. The molecule has 0 unspecified atom stereocenters. The van der Waals surface area contributed by atoms with Crippen LogP contribution in [0.1, 0.15) is 58.6 Å². The number of aromatic amines is 1. The maximum atomic E-state index is 13.3. The number of amides is 1. The third-order valence-corrected chi connectivity index (χ3v) is 10.2. The molecule has 2 aliphatic rings. The molecule has 15 heteroatoms. The number of fused-ring (bicyclic) bond motifs is 3. The summed E-state index contributed by atoms with van der Waals surface area (Å²) in [6.07, 6.45) is 9.09. The zero-order valence-electron chi connectivity index (χ0n) is 23.1. The summed E-state index contributed by atoms with van der Waals surface area (Å²) < 4.78 is 27.6. The normalized spacial score (nSPS) is 20.5. The SMILES string of the molecule is Cc1nnc(C(=O)N2[C@@H]3CC[C@H]2C[C@H](c2nc4c(-c5ccc(-c6ncc(C)s6)nc5)cnn4c(N)c2S(C)(=O)=O)C3)[nH]1. The van der Waals surface area contributed by atoms with Crippen molar-refractivity contribution in [3.63, 3.8) is 0 Å². The maximum Gasteiger partial charge on any atom is 0.292 e. The van der Waals surface area contributed by atoms with Gasteiger partial charge in [0.2, 0.25) is 5.82 Å². The predicted octanol–water partition coefficient (Wildman–Crippen LogP) is 3.19. The van der Waals surface area contributed by atoms with Gasteiger partial charge < -0.3 is 15.6 Å². The van der Waals surface area contributed by atoms with Gasteiger partial charge >= 0.3 is 0 Å². The van der Waals surface area contributed by atoms with E-state index in [4.69, 9.17) is 10.7 Å². The van der Waals surface area contributed by atoms with Crippen LogP contribution in [0.4, 0.5) is 5.82 Å². The summed E-state index contributed by atoms with van der Waals surface area (Å²) in [5, 5.41) is 13.2. The molecule has 13 nitrogen and oxygen atoms in total. The second-order valence-electron chi connectivity index (χ2n) is 11.0. The number of sulfone groups is 1. The summed E-state index contributed by atoms with van der Waals surface area (Å²) in [6, 6.07) is 3.67. The lowest BCUT2D eigenvalue weighted by Crippen LogP contribution is -2.46. The molecule has 0 aliphatic carbocycles. The summed E-state index contributed by atoms with van der Waals surface area (Å²) in [5.41, 5.74) is 9.62. The highest BCUT2D eigenvalue weighted by molar-refractivity contribution is 7.91. The zero-order chi connectivity index (χ0) is 29.3. The Morgan fingerprint density at radius 2 is 1.83 bits per heavy atom. The van der Waals surface area contributed by atoms with Gasteiger partial charge in [-0.15, -0.1) is 21.5 Å². The van der Waals surface area contributed by atoms with Crippen molar-refractivity contribution in [1.29, 1.82) is 0 Å². The number of carbonyl (C=O) groups is 1. The number of nitrogens with one attached hydrogen (secondary N) is 1. The number of anilines is 1. The molecule has 5 aromatic heterocycles. The van der Waals surface area contributed by atoms with Gasteiger partial charge in [0.15, 0.2) is 15.5 Å². The summed E-state index contributed by atoms with van der Waals surface area (Å²) in [7, 11) is -3.75. The lowest BCUT2D eigenvalue weighted by Gasteiger charge is -2.38. The summed E-state index contributed by atoms with van der Waals surface area (Å²) in [4.78, 5) is 33.2. The first kappa shape index (κ1) is 26.6. The van der Waals surface area contributed by atoms with Gasteiger partial charge in [-0.1, -0.05) is 6.07 Å². The van der Waals surface area contributed by atoms with Gasteiger partial charge in [0.05, 0.1) is 17.6 Å². The molecule has 0 aromatic carbocycles. The van der Waals surface area contributed by atoms with Crippen molar-refractivity contribution in [2.24, 2.45) is 0 Å². The molecule has 5 aromatic rings. The Bertz CT molecular complexity index is 1950. The molecule has 2 aliphatic heterocycles. The molecule has 3 atom stereocenters. The molecule has 0 spiro atoms. The summed E-state index contributed by atoms with van der Waals surface area (Å²) in [5.74, 6) is 0.420. The number of aromatic nitrogens is 8. The molecule has 42 heavy (non-hydrogen) atoms. The van der Waals surface area contributed by atoms with Crippen molar-refractivity contribution in [2.75, 3.05) is 12.0 Å². The highest BCUT2D eigenvalue weighted by atomic mass is 32.2. The number of piperidine rings is 1. The number of nitrogen functional groups attached to an aromatic ring is 1. The van der Waals surface area contributed by atoms with Crippen molar-refractivity contribution in [1.82, 2.24) is 44.6 Å². The topological polar surface area (TPSA) is 178 Å². The van der Waals surface area contributed by atoms with E-state index < -0.39 is 9.84 Å². The number of H-pyrrole nitrogens is 1. The van der Waals surface area contributed by atoms with E-state index in [9.17, 15) is 13.2 Å². The molecule has 2 saturated heterocycles. The molecule has 2 bridgehead atoms. The van der Waals surface area contributed by atoms with Crippen LogP contribution in [0.15, 0.2) is 35.6 Å². The van der Waals surface area contributed by atoms with Gasteiger partial charge in [-0.2, -0.15) is 9.61 Å². The smallest absolute Gasteiger partial charge is 0.292 e. The van der Waals surface area contributed by atoms with Crippen LogP contribution in [0, 0.1) is 13.8 Å². The average Bonchev–Trinajstić information content (AvgIpc) is 3.74. The van der Waals surface area contributed by atoms with Crippen molar-refractivity contribution in [3.8, 4) is 21.8 Å². The number of hydrogen-bond donors (Lipinski definition) is 2. The van der Waals surface area contributed by atoms with E-state index in [-0.39, 0.29) is 40.4 Å². The second-order valence-corrected chi connectivity index (χ2v) is 14.2. The van der Waals surface area contributed by atoms with Crippen LogP contribution < -0.4 is 5.73 Å². The van der Waals surface area contributed by atoms with E-state index >= 15 is 0 Å². The number of aryl methyl sites for hydroxylation is 2. The molecule has 7 heterocycles. The van der Waals surface area contributed by atoms with Gasteiger partial charge in [-0.3, -0.25) is 9.78 Å². The fraction of sp³-hybridized carbons (Fsp3) is 0.370. The van der Waals surface area contributed by atoms with Crippen LogP contribution in [0.25, 0.3) is 27.5 Å². The van der Waals surface area contributed by atoms with Gasteiger partial charge in [-0.05, 0) is 45.6 Å². The molecule has 0 radical (unpaired) electrons. The minimum Gasteiger partial charge on any atom is -0.382 e. The minimum absolute atomic E-state index is 0.00713. The maximum absolute atomic E-state index is 13.3. The van der Waals surface area contributed by atoms with Crippen LogP contribution in [0.3, 0.4) is 0 Å². The standard InChI is InChI=1S/C27H28N10O3S2/c1-13-10-30-26(41-13)20-7-4-15(11-29-20)19-12-31-37-23(28)22(42(3,39)40)21(33-25(19)37)16-8-17-5-6-18(9-16)36(17)27(38)24-32-14(2)34-35-24/h4,7,10-12,16-18H,5-6,8-9,28H2,1-3H3,(H,32,34,35)/t16-,17-,18+. The summed E-state index contributed by atoms with van der Waals surface area (Å²) in [6.45, 7) is 3.75. The number of thiazole rings is 1. The first-order valence-electron chi connectivity index (χ1n) is 13.6. The molecular formula is C27H28N10O3S2. The lowest BCUT2D eigenvalue weighted by atomic mass is 9.87. The first-order valence-corrected chi connectivity index (χ1v) is 16.3. The highest BCUT2D eigenvalue weighted by Gasteiger charge is 2.46. The molecule has 7 rings (SSSR count). The molecular weight excluding hydrogens is 576 g/mol. The Morgan fingerprint density at radius 3 is 2.43 bits per heavy atom. The number of hydrogen-bond acceptors (Lipinski definition) is 11. The second kappa shape index (κ2) is 9.66. The molecule has 3 N–H and O–H groups in total. The van der Waals surface area contributed by atoms with E-state index in [2.05, 4.69) is 30.2 Å². The molecule has 2 fully saturated rings. The van der Waals surface area contributed by atoms with E-state index in [1.54, 1.807) is 30.7 Å². The van der Waals surface area contributed by atoms with Crippen LogP contribution in [0.5, 0.6) is 0 Å². The van der Waals surface area contributed by atoms with Crippen molar-refractivity contribution >= 4 is 38.5 Å². The van der Waals surface area contributed by atoms with Gasteiger partial charge in [-0.25, -0.2) is 18.4 Å². The number of nitrogens with two attached hydrogens (primary N) is 1. The Hall–Kier alpha value is -4.24. The number of pyridine rings is 1. The number of carbonyl (C=O) groups excluding carboxylic acids is 1. The monoisotopic (exact) mass is 604 g/mol.